The molecule has 0 radical (unpaired) electrons. The van der Waals surface area contributed by atoms with Crippen molar-refractivity contribution in [3.8, 4) is 5.69 Å². The summed E-state index contributed by atoms with van der Waals surface area (Å²) in [5.74, 6) is -0.295. The van der Waals surface area contributed by atoms with Crippen molar-refractivity contribution in [2.45, 2.75) is 84.7 Å². The van der Waals surface area contributed by atoms with E-state index in [1.807, 2.05) is 12.1 Å². The van der Waals surface area contributed by atoms with E-state index in [-0.39, 0.29) is 5.82 Å². The molecule has 1 aromatic heterocycles. The van der Waals surface area contributed by atoms with Crippen LogP contribution in [0.4, 0.5) is 38.5 Å². The van der Waals surface area contributed by atoms with Crippen LogP contribution in [-0.2, 0) is 18.6 Å². The van der Waals surface area contributed by atoms with Gasteiger partial charge in [-0.2, -0.15) is 0 Å². The van der Waals surface area contributed by atoms with Crippen molar-refractivity contribution in [3.63, 3.8) is 0 Å². The minimum absolute atomic E-state index is 0.295. The van der Waals surface area contributed by atoms with Gasteiger partial charge in [0.15, 0.2) is 0 Å². The van der Waals surface area contributed by atoms with Gasteiger partial charge in [-0.3, -0.25) is 0 Å². The number of nitrogens with zero attached hydrogens (tertiary/aromatic N) is 3. The predicted octanol–water partition coefficient (Wildman–Crippen LogP) is 13.9. The summed E-state index contributed by atoms with van der Waals surface area (Å²) in [5, 5.41) is 4.47. The van der Waals surface area contributed by atoms with Gasteiger partial charge in [-0.25, -0.2) is 4.39 Å². The maximum atomic E-state index is 14.6. The third-order valence-electron chi connectivity index (χ3n) is 15.0. The van der Waals surface area contributed by atoms with Crippen LogP contribution in [0.3, 0.4) is 0 Å². The molecule has 7 nitrogen and oxygen atoms in total. The largest absolute Gasteiger partial charge is 0.494 e. The Labute approximate surface area is 405 Å². The van der Waals surface area contributed by atoms with Gasteiger partial charge in [0.1, 0.15) is 5.82 Å². The van der Waals surface area contributed by atoms with E-state index in [2.05, 4.69) is 228 Å². The molecule has 0 amide bonds. The van der Waals surface area contributed by atoms with Crippen molar-refractivity contribution in [1.82, 2.24) is 4.57 Å². The molecule has 2 aliphatic heterocycles. The van der Waals surface area contributed by atoms with Crippen molar-refractivity contribution >= 4 is 91.9 Å². The Balaban J connectivity index is 1.08. The molecule has 0 unspecified atom stereocenters. The summed E-state index contributed by atoms with van der Waals surface area (Å²) >= 11 is 0. The summed E-state index contributed by atoms with van der Waals surface area (Å²) in [4.78, 5) is 4.49. The molecule has 0 saturated carbocycles. The van der Waals surface area contributed by atoms with Gasteiger partial charge in [-0.05, 0) is 182 Å². The van der Waals surface area contributed by atoms with Crippen LogP contribution in [0.1, 0.15) is 61.0 Å². The van der Waals surface area contributed by atoms with Gasteiger partial charge >= 0.3 is 14.2 Å². The van der Waals surface area contributed by atoms with Crippen molar-refractivity contribution in [2.75, 3.05) is 9.80 Å². The van der Waals surface area contributed by atoms with Gasteiger partial charge < -0.3 is 33.0 Å². The third-order valence-corrected chi connectivity index (χ3v) is 15.0. The SMILES string of the molecule is Cc1ccc(N(c2ccc(B3OC(C)(C)C(C)(C)O3)cc2)c2ccc3c(c2)c2cc(N(c4ccc(F)cc4)c4ccc(B5OC(C)(C)C(C)(C)O5)cc4)ccc2n3-c2cccc3ccccc23)cc1. The first kappa shape index (κ1) is 44.8. The number of hydrogen-bond donors (Lipinski definition) is 0. The highest BCUT2D eigenvalue weighted by Crippen LogP contribution is 2.44. The summed E-state index contributed by atoms with van der Waals surface area (Å²) in [6.45, 7) is 18.7. The smallest absolute Gasteiger partial charge is 0.399 e. The summed E-state index contributed by atoms with van der Waals surface area (Å²) < 4.78 is 42.7. The molecule has 0 N–H and O–H groups in total. The van der Waals surface area contributed by atoms with Crippen LogP contribution in [-0.4, -0.2) is 41.2 Å². The topological polar surface area (TPSA) is 48.3 Å². The summed E-state index contributed by atoms with van der Waals surface area (Å²) in [5.41, 5.74) is 10.2. The number of hydrogen-bond acceptors (Lipinski definition) is 6. The Hall–Kier alpha value is -6.68. The summed E-state index contributed by atoms with van der Waals surface area (Å²) in [7, 11) is -0.966. The van der Waals surface area contributed by atoms with Gasteiger partial charge in [-0.1, -0.05) is 78.4 Å². The highest BCUT2D eigenvalue weighted by molar-refractivity contribution is 6.62. The first-order valence-corrected chi connectivity index (χ1v) is 23.9. The fourth-order valence-corrected chi connectivity index (χ4v) is 9.64. The van der Waals surface area contributed by atoms with E-state index < -0.39 is 36.6 Å². The van der Waals surface area contributed by atoms with E-state index in [0.717, 1.165) is 77.9 Å². The summed E-state index contributed by atoms with van der Waals surface area (Å²) in [6.07, 6.45) is 0. The van der Waals surface area contributed by atoms with E-state index in [4.69, 9.17) is 18.6 Å². The standard InChI is InChI=1S/C59H56B2FN3O4/c1-39-17-25-44(26-18-39)63(45-27-19-41(20-28-45)60-66-56(2,3)57(4,5)67-60)48-33-35-54-51(37-48)52-38-49(34-36-55(52)65(54)53-16-12-14-40-13-10-11-15-50(40)53)64(47-31-23-43(62)24-32-47)46-29-21-42(22-30-46)61-68-58(6,7)59(8,9)69-61/h10-38H,1-9H3. The molecule has 0 spiro atoms. The fraction of sp³-hybridized carbons (Fsp3) is 0.220. The average Bonchev–Trinajstić information content (AvgIpc) is 3.86. The molecule has 8 aromatic carbocycles. The molecule has 9 aromatic rings. The van der Waals surface area contributed by atoms with Crippen LogP contribution in [0.25, 0.3) is 38.3 Å². The van der Waals surface area contributed by atoms with Crippen LogP contribution in [0, 0.1) is 12.7 Å². The quantitative estimate of drug-likeness (QED) is 0.135. The van der Waals surface area contributed by atoms with Crippen molar-refractivity contribution in [3.05, 3.63) is 187 Å². The first-order chi connectivity index (χ1) is 33.0. The molecule has 2 aliphatic rings. The van der Waals surface area contributed by atoms with Crippen LogP contribution in [0.2, 0.25) is 0 Å². The van der Waals surface area contributed by atoms with Gasteiger partial charge in [-0.15, -0.1) is 0 Å². The van der Waals surface area contributed by atoms with Gasteiger partial charge in [0.05, 0.1) is 39.1 Å². The van der Waals surface area contributed by atoms with Crippen molar-refractivity contribution in [2.24, 2.45) is 0 Å². The highest BCUT2D eigenvalue weighted by Gasteiger charge is 2.52. The van der Waals surface area contributed by atoms with E-state index in [1.54, 1.807) is 0 Å². The van der Waals surface area contributed by atoms with Crippen LogP contribution >= 0.6 is 0 Å². The van der Waals surface area contributed by atoms with E-state index in [9.17, 15) is 4.39 Å². The number of halogens is 1. The molecule has 3 heterocycles. The third kappa shape index (κ3) is 7.80. The molecule has 2 saturated heterocycles. The Bertz CT molecular complexity index is 3160. The van der Waals surface area contributed by atoms with Crippen molar-refractivity contribution < 1.29 is 23.0 Å². The number of benzene rings is 8. The summed E-state index contributed by atoms with van der Waals surface area (Å²) in [6, 6.07) is 60.7. The molecule has 344 valence electrons. The molecular formula is C59H56B2FN3O4. The minimum atomic E-state index is -0.498. The second-order valence-corrected chi connectivity index (χ2v) is 20.6. The first-order valence-electron chi connectivity index (χ1n) is 23.9. The number of aryl methyl sites for hydroxylation is 1. The minimum Gasteiger partial charge on any atom is -0.399 e. The second-order valence-electron chi connectivity index (χ2n) is 20.6. The lowest BCUT2D eigenvalue weighted by Crippen LogP contribution is -2.41. The van der Waals surface area contributed by atoms with Crippen molar-refractivity contribution in [1.29, 1.82) is 0 Å². The lowest BCUT2D eigenvalue weighted by Gasteiger charge is -2.32. The number of anilines is 6. The van der Waals surface area contributed by atoms with Gasteiger partial charge in [0.25, 0.3) is 0 Å². The zero-order chi connectivity index (χ0) is 48.0. The Kier molecular flexibility index (Phi) is 10.7. The molecule has 2 fully saturated rings. The number of aromatic nitrogens is 1. The molecule has 11 rings (SSSR count). The average molecular weight is 912 g/mol. The molecular weight excluding hydrogens is 855 g/mol. The number of rotatable bonds is 9. The zero-order valence-electron chi connectivity index (χ0n) is 40.8. The van der Waals surface area contributed by atoms with E-state index >= 15 is 0 Å². The maximum Gasteiger partial charge on any atom is 0.494 e. The monoisotopic (exact) mass is 911 g/mol. The maximum absolute atomic E-state index is 14.6. The van der Waals surface area contributed by atoms with Crippen LogP contribution in [0.5, 0.6) is 0 Å². The molecule has 69 heavy (non-hydrogen) atoms. The Morgan fingerprint density at radius 3 is 1.23 bits per heavy atom. The van der Waals surface area contributed by atoms with Gasteiger partial charge in [0, 0.05) is 50.3 Å². The second kappa shape index (κ2) is 16.5. The number of fused-ring (bicyclic) bond motifs is 4. The predicted molar refractivity (Wildman–Crippen MR) is 284 cm³/mol. The molecule has 10 heteroatoms. The lowest BCUT2D eigenvalue weighted by molar-refractivity contribution is 0.00578. The fourth-order valence-electron chi connectivity index (χ4n) is 9.64. The van der Waals surface area contributed by atoms with Crippen LogP contribution < -0.4 is 20.7 Å². The van der Waals surface area contributed by atoms with Gasteiger partial charge in [0.2, 0.25) is 0 Å². The molecule has 0 aliphatic carbocycles. The highest BCUT2D eigenvalue weighted by atomic mass is 19.1. The van der Waals surface area contributed by atoms with E-state index in [1.165, 1.54) is 23.1 Å². The normalized spacial score (nSPS) is 17.0. The molecule has 0 atom stereocenters. The van der Waals surface area contributed by atoms with Crippen LogP contribution in [0.15, 0.2) is 176 Å². The Morgan fingerprint density at radius 2 is 0.783 bits per heavy atom. The Morgan fingerprint density at radius 1 is 0.406 bits per heavy atom. The lowest BCUT2D eigenvalue weighted by atomic mass is 9.79. The molecule has 0 bridgehead atoms. The van der Waals surface area contributed by atoms with E-state index in [0.29, 0.717) is 0 Å². The zero-order valence-corrected chi connectivity index (χ0v) is 40.8.